The van der Waals surface area contributed by atoms with Crippen molar-refractivity contribution in [3.05, 3.63) is 0 Å². The fraction of sp³-hybridized carbons (Fsp3) is 0.875. The van der Waals surface area contributed by atoms with Gasteiger partial charge in [0.1, 0.15) is 12.7 Å². The summed E-state index contributed by atoms with van der Waals surface area (Å²) in [5.41, 5.74) is 0. The van der Waals surface area contributed by atoms with E-state index in [-0.39, 0.29) is 12.7 Å². The second-order valence-corrected chi connectivity index (χ2v) is 3.07. The molecular weight excluding hydrogens is 196 g/mol. The van der Waals surface area contributed by atoms with E-state index in [0.717, 1.165) is 0 Å². The summed E-state index contributed by atoms with van der Waals surface area (Å²) >= 11 is 0. The van der Waals surface area contributed by atoms with Crippen LogP contribution in [0.3, 0.4) is 0 Å². The molecule has 2 N–H and O–H groups in total. The van der Waals surface area contributed by atoms with E-state index in [1.807, 2.05) is 0 Å². The van der Waals surface area contributed by atoms with Gasteiger partial charge in [-0.15, -0.1) is 0 Å². The Kier molecular flexibility index (Phi) is 6.31. The number of alkyl halides is 2. The van der Waals surface area contributed by atoms with Crippen molar-refractivity contribution in [1.29, 1.82) is 0 Å². The molecule has 0 heterocycles. The van der Waals surface area contributed by atoms with Crippen LogP contribution in [0.15, 0.2) is 0 Å². The lowest BCUT2D eigenvalue weighted by atomic mass is 10.3. The molecule has 14 heavy (non-hydrogen) atoms. The molecule has 4 nitrogen and oxygen atoms in total. The SMILES string of the molecule is CC(C)OCC(=O)NCC(O)C(F)F. The third-order valence-corrected chi connectivity index (χ3v) is 1.35. The van der Waals surface area contributed by atoms with Crippen molar-refractivity contribution in [1.82, 2.24) is 5.32 Å². The number of amides is 1. The van der Waals surface area contributed by atoms with Gasteiger partial charge in [0.25, 0.3) is 6.43 Å². The first-order valence-electron chi connectivity index (χ1n) is 4.28. The van der Waals surface area contributed by atoms with Crippen LogP contribution < -0.4 is 5.32 Å². The van der Waals surface area contributed by atoms with E-state index in [9.17, 15) is 13.6 Å². The standard InChI is InChI=1S/C8H15F2NO3/c1-5(2)14-4-7(13)11-3-6(12)8(9)10/h5-6,8,12H,3-4H2,1-2H3,(H,11,13). The molecule has 1 atom stereocenters. The smallest absolute Gasteiger partial charge is 0.265 e. The first-order chi connectivity index (χ1) is 6.43. The Hall–Kier alpha value is -0.750. The van der Waals surface area contributed by atoms with Crippen LogP contribution >= 0.6 is 0 Å². The van der Waals surface area contributed by atoms with Gasteiger partial charge in [-0.3, -0.25) is 4.79 Å². The number of nitrogens with one attached hydrogen (secondary N) is 1. The quantitative estimate of drug-likeness (QED) is 0.657. The van der Waals surface area contributed by atoms with E-state index in [1.165, 1.54) is 0 Å². The summed E-state index contributed by atoms with van der Waals surface area (Å²) in [6, 6.07) is 0. The van der Waals surface area contributed by atoms with E-state index in [0.29, 0.717) is 0 Å². The molecule has 0 aliphatic heterocycles. The number of halogens is 2. The van der Waals surface area contributed by atoms with Gasteiger partial charge in [-0.2, -0.15) is 0 Å². The van der Waals surface area contributed by atoms with Crippen LogP contribution in [-0.4, -0.2) is 42.8 Å². The van der Waals surface area contributed by atoms with E-state index in [4.69, 9.17) is 9.84 Å². The molecule has 0 rings (SSSR count). The Morgan fingerprint density at radius 2 is 2.07 bits per heavy atom. The highest BCUT2D eigenvalue weighted by molar-refractivity contribution is 5.77. The zero-order chi connectivity index (χ0) is 11.1. The predicted molar refractivity (Wildman–Crippen MR) is 46.1 cm³/mol. The van der Waals surface area contributed by atoms with Gasteiger partial charge in [0.2, 0.25) is 5.91 Å². The minimum atomic E-state index is -2.85. The van der Waals surface area contributed by atoms with Gasteiger partial charge < -0.3 is 15.2 Å². The molecule has 0 aromatic rings. The Morgan fingerprint density at radius 3 is 2.50 bits per heavy atom. The zero-order valence-corrected chi connectivity index (χ0v) is 8.17. The van der Waals surface area contributed by atoms with Gasteiger partial charge >= 0.3 is 0 Å². The molecule has 1 unspecified atom stereocenters. The number of aliphatic hydroxyl groups excluding tert-OH is 1. The van der Waals surface area contributed by atoms with Gasteiger partial charge in [-0.05, 0) is 13.8 Å². The van der Waals surface area contributed by atoms with Crippen molar-refractivity contribution in [3.8, 4) is 0 Å². The fourth-order valence-electron chi connectivity index (χ4n) is 0.601. The molecule has 0 radical (unpaired) electrons. The van der Waals surface area contributed by atoms with Crippen LogP contribution in [0.4, 0.5) is 8.78 Å². The summed E-state index contributed by atoms with van der Waals surface area (Å²) in [7, 11) is 0. The molecule has 0 saturated heterocycles. The molecule has 6 heteroatoms. The first kappa shape index (κ1) is 13.2. The van der Waals surface area contributed by atoms with Crippen molar-refractivity contribution in [2.75, 3.05) is 13.2 Å². The minimum Gasteiger partial charge on any atom is -0.385 e. The minimum absolute atomic E-state index is 0.0965. The van der Waals surface area contributed by atoms with E-state index in [2.05, 4.69) is 5.32 Å². The summed E-state index contributed by atoms with van der Waals surface area (Å²) in [5, 5.41) is 10.8. The first-order valence-corrected chi connectivity index (χ1v) is 4.28. The lowest BCUT2D eigenvalue weighted by Gasteiger charge is -2.11. The highest BCUT2D eigenvalue weighted by Crippen LogP contribution is 1.98. The largest absolute Gasteiger partial charge is 0.385 e. The van der Waals surface area contributed by atoms with Crippen LogP contribution in [0.25, 0.3) is 0 Å². The molecule has 0 aliphatic carbocycles. The molecule has 0 saturated carbocycles. The number of hydrogen-bond donors (Lipinski definition) is 2. The molecule has 0 aromatic carbocycles. The third-order valence-electron chi connectivity index (χ3n) is 1.35. The number of aliphatic hydroxyl groups is 1. The van der Waals surface area contributed by atoms with Gasteiger partial charge in [-0.1, -0.05) is 0 Å². The van der Waals surface area contributed by atoms with Crippen LogP contribution in [0.1, 0.15) is 13.8 Å². The average molecular weight is 211 g/mol. The summed E-state index contributed by atoms with van der Waals surface area (Å²) in [6.45, 7) is 2.86. The van der Waals surface area contributed by atoms with E-state index >= 15 is 0 Å². The average Bonchev–Trinajstić information content (AvgIpc) is 2.10. The maximum Gasteiger partial charge on any atom is 0.265 e. The van der Waals surface area contributed by atoms with Crippen LogP contribution in [0.5, 0.6) is 0 Å². The Balaban J connectivity index is 3.54. The topological polar surface area (TPSA) is 58.6 Å². The summed E-state index contributed by atoms with van der Waals surface area (Å²) in [5.74, 6) is -0.515. The molecular formula is C8H15F2NO3. The van der Waals surface area contributed by atoms with Crippen LogP contribution in [0.2, 0.25) is 0 Å². The van der Waals surface area contributed by atoms with Crippen molar-refractivity contribution in [2.45, 2.75) is 32.5 Å². The maximum atomic E-state index is 11.8. The molecule has 84 valence electrons. The van der Waals surface area contributed by atoms with Gasteiger partial charge in [0, 0.05) is 6.54 Å². The van der Waals surface area contributed by atoms with Crippen LogP contribution in [-0.2, 0) is 9.53 Å². The monoisotopic (exact) mass is 211 g/mol. The molecule has 1 amide bonds. The highest BCUT2D eigenvalue weighted by Gasteiger charge is 2.17. The van der Waals surface area contributed by atoms with Gasteiger partial charge in [-0.25, -0.2) is 8.78 Å². The fourth-order valence-corrected chi connectivity index (χ4v) is 0.601. The zero-order valence-electron chi connectivity index (χ0n) is 8.17. The number of rotatable bonds is 6. The highest BCUT2D eigenvalue weighted by atomic mass is 19.3. The number of hydrogen-bond acceptors (Lipinski definition) is 3. The Bertz CT molecular complexity index is 176. The maximum absolute atomic E-state index is 11.8. The summed E-state index contributed by atoms with van der Waals surface area (Å²) < 4.78 is 28.4. The van der Waals surface area contributed by atoms with E-state index in [1.54, 1.807) is 13.8 Å². The van der Waals surface area contributed by atoms with Crippen molar-refractivity contribution in [2.24, 2.45) is 0 Å². The summed E-state index contributed by atoms with van der Waals surface area (Å²) in [4.78, 5) is 10.9. The molecule has 0 bridgehead atoms. The van der Waals surface area contributed by atoms with Crippen LogP contribution in [0, 0.1) is 0 Å². The molecule has 0 spiro atoms. The second-order valence-electron chi connectivity index (χ2n) is 3.07. The second kappa shape index (κ2) is 6.67. The number of carbonyl (C=O) groups excluding carboxylic acids is 1. The normalized spacial score (nSPS) is 13.4. The number of ether oxygens (including phenoxy) is 1. The van der Waals surface area contributed by atoms with E-state index < -0.39 is 25.0 Å². The van der Waals surface area contributed by atoms with Crippen molar-refractivity contribution < 1.29 is 23.4 Å². The lowest BCUT2D eigenvalue weighted by molar-refractivity contribution is -0.128. The molecule has 0 aliphatic rings. The van der Waals surface area contributed by atoms with Gasteiger partial charge in [0.05, 0.1) is 6.10 Å². The number of carbonyl (C=O) groups is 1. The third kappa shape index (κ3) is 6.73. The summed E-state index contributed by atoms with van der Waals surface area (Å²) in [6.07, 6.45) is -4.76. The molecule has 0 aromatic heterocycles. The Morgan fingerprint density at radius 1 is 1.50 bits per heavy atom. The Labute approximate surface area is 81.2 Å². The molecule has 0 fully saturated rings. The lowest BCUT2D eigenvalue weighted by Crippen LogP contribution is -2.38. The van der Waals surface area contributed by atoms with Crippen molar-refractivity contribution in [3.63, 3.8) is 0 Å². The van der Waals surface area contributed by atoms with Crippen molar-refractivity contribution >= 4 is 5.91 Å². The predicted octanol–water partition coefficient (Wildman–Crippen LogP) is 0.154. The van der Waals surface area contributed by atoms with Gasteiger partial charge in [0.15, 0.2) is 0 Å².